The molecule has 120 valence electrons. The van der Waals surface area contributed by atoms with Gasteiger partial charge in [-0.15, -0.1) is 0 Å². The number of carbonyl (C=O) groups excluding carboxylic acids is 2. The number of nitrogens with one attached hydrogen (secondary N) is 2. The first-order chi connectivity index (χ1) is 10.6. The minimum absolute atomic E-state index is 0.121. The van der Waals surface area contributed by atoms with Crippen molar-refractivity contribution in [2.75, 3.05) is 27.9 Å². The van der Waals surface area contributed by atoms with Crippen LogP contribution in [-0.2, 0) is 9.53 Å². The smallest absolute Gasteiger partial charge is 0.322 e. The van der Waals surface area contributed by atoms with Gasteiger partial charge < -0.3 is 24.8 Å². The zero-order valence-electron chi connectivity index (χ0n) is 12.8. The van der Waals surface area contributed by atoms with E-state index in [9.17, 15) is 9.59 Å². The van der Waals surface area contributed by atoms with E-state index in [1.54, 1.807) is 18.2 Å². The fourth-order valence-corrected chi connectivity index (χ4v) is 2.41. The summed E-state index contributed by atoms with van der Waals surface area (Å²) in [6.07, 6.45) is 0.506. The average molecular weight is 308 g/mol. The third-order valence-corrected chi connectivity index (χ3v) is 3.60. The van der Waals surface area contributed by atoms with Crippen molar-refractivity contribution in [1.82, 2.24) is 10.6 Å². The number of ether oxygens (including phenoxy) is 3. The van der Waals surface area contributed by atoms with Crippen LogP contribution in [0.15, 0.2) is 18.2 Å². The standard InChI is InChI=1S/C15H20N2O5/c1-20-12-5-4-9(6-13(12)21-2)14(18)17-10-7-11(16-8-10)15(19)22-3/h4-6,10-11,16H,7-8H2,1-3H3,(H,17,18)/t10-,11-/m0/s1. The van der Waals surface area contributed by atoms with Crippen molar-refractivity contribution in [3.8, 4) is 11.5 Å². The van der Waals surface area contributed by atoms with Crippen LogP contribution < -0.4 is 20.1 Å². The van der Waals surface area contributed by atoms with Crippen LogP contribution in [0.3, 0.4) is 0 Å². The molecule has 2 atom stereocenters. The zero-order valence-corrected chi connectivity index (χ0v) is 12.8. The first-order valence-electron chi connectivity index (χ1n) is 6.93. The Morgan fingerprint density at radius 3 is 2.55 bits per heavy atom. The molecule has 1 saturated heterocycles. The predicted octanol–water partition coefficient (Wildman–Crippen LogP) is 0.337. The molecule has 1 heterocycles. The first kappa shape index (κ1) is 16.1. The number of hydrogen-bond donors (Lipinski definition) is 2. The molecular formula is C15H20N2O5. The van der Waals surface area contributed by atoms with Crippen LogP contribution in [0.25, 0.3) is 0 Å². The van der Waals surface area contributed by atoms with E-state index in [0.717, 1.165) is 0 Å². The molecule has 2 N–H and O–H groups in total. The van der Waals surface area contributed by atoms with Gasteiger partial charge in [0.2, 0.25) is 0 Å². The van der Waals surface area contributed by atoms with Crippen LogP contribution in [0.5, 0.6) is 11.5 Å². The Morgan fingerprint density at radius 1 is 1.18 bits per heavy atom. The summed E-state index contributed by atoms with van der Waals surface area (Å²) >= 11 is 0. The van der Waals surface area contributed by atoms with E-state index in [0.29, 0.717) is 30.0 Å². The summed E-state index contributed by atoms with van der Waals surface area (Å²) in [6.45, 7) is 0.527. The molecule has 7 heteroatoms. The van der Waals surface area contributed by atoms with Crippen molar-refractivity contribution < 1.29 is 23.8 Å². The Balaban J connectivity index is 2.00. The van der Waals surface area contributed by atoms with Crippen molar-refractivity contribution >= 4 is 11.9 Å². The summed E-state index contributed by atoms with van der Waals surface area (Å²) in [4.78, 5) is 23.7. The number of methoxy groups -OCH3 is 3. The summed E-state index contributed by atoms with van der Waals surface area (Å²) in [7, 11) is 4.40. The van der Waals surface area contributed by atoms with Gasteiger partial charge in [0.05, 0.1) is 21.3 Å². The molecule has 1 aromatic rings. The van der Waals surface area contributed by atoms with Gasteiger partial charge >= 0.3 is 5.97 Å². The maximum Gasteiger partial charge on any atom is 0.322 e. The van der Waals surface area contributed by atoms with Gasteiger partial charge in [-0.1, -0.05) is 0 Å². The molecule has 1 aliphatic rings. The molecule has 0 spiro atoms. The van der Waals surface area contributed by atoms with E-state index >= 15 is 0 Å². The second-order valence-corrected chi connectivity index (χ2v) is 4.96. The SMILES string of the molecule is COC(=O)[C@@H]1C[C@H](NC(=O)c2ccc(OC)c(OC)c2)CN1. The quantitative estimate of drug-likeness (QED) is 0.763. The molecule has 0 radical (unpaired) electrons. The molecule has 2 rings (SSSR count). The average Bonchev–Trinajstić information content (AvgIpc) is 3.01. The van der Waals surface area contributed by atoms with Crippen LogP contribution in [0.1, 0.15) is 16.8 Å². The van der Waals surface area contributed by atoms with E-state index in [1.165, 1.54) is 21.3 Å². The van der Waals surface area contributed by atoms with Crippen LogP contribution >= 0.6 is 0 Å². The number of benzene rings is 1. The minimum atomic E-state index is -0.374. The molecule has 0 unspecified atom stereocenters. The van der Waals surface area contributed by atoms with Crippen LogP contribution in [0.4, 0.5) is 0 Å². The van der Waals surface area contributed by atoms with E-state index < -0.39 is 0 Å². The zero-order chi connectivity index (χ0) is 16.1. The third kappa shape index (κ3) is 3.48. The van der Waals surface area contributed by atoms with Crippen molar-refractivity contribution in [1.29, 1.82) is 0 Å². The number of carbonyl (C=O) groups is 2. The topological polar surface area (TPSA) is 85.9 Å². The number of esters is 1. The summed E-state index contributed by atoms with van der Waals surface area (Å²) in [6, 6.07) is 4.47. The summed E-state index contributed by atoms with van der Waals surface area (Å²) in [5, 5.41) is 5.91. The maximum absolute atomic E-state index is 12.3. The Bertz CT molecular complexity index is 561. The summed E-state index contributed by atoms with van der Waals surface area (Å²) < 4.78 is 15.0. The predicted molar refractivity (Wildman–Crippen MR) is 79.2 cm³/mol. The number of amides is 1. The highest BCUT2D eigenvalue weighted by atomic mass is 16.5. The van der Waals surface area contributed by atoms with Crippen molar-refractivity contribution in [2.24, 2.45) is 0 Å². The highest BCUT2D eigenvalue weighted by Gasteiger charge is 2.31. The molecule has 0 aromatic heterocycles. The Hall–Kier alpha value is -2.28. The van der Waals surface area contributed by atoms with E-state index in [1.807, 2.05) is 0 Å². The first-order valence-corrected chi connectivity index (χ1v) is 6.93. The number of rotatable bonds is 5. The van der Waals surface area contributed by atoms with E-state index in [2.05, 4.69) is 15.4 Å². The van der Waals surface area contributed by atoms with E-state index in [-0.39, 0.29) is 24.0 Å². The van der Waals surface area contributed by atoms with Gasteiger partial charge in [0.1, 0.15) is 6.04 Å². The normalized spacial score (nSPS) is 20.3. The van der Waals surface area contributed by atoms with Gasteiger partial charge in [-0.25, -0.2) is 0 Å². The third-order valence-electron chi connectivity index (χ3n) is 3.60. The molecule has 7 nitrogen and oxygen atoms in total. The van der Waals surface area contributed by atoms with Gasteiger partial charge in [-0.3, -0.25) is 9.59 Å². The lowest BCUT2D eigenvalue weighted by Gasteiger charge is -2.13. The fraction of sp³-hybridized carbons (Fsp3) is 0.467. The van der Waals surface area contributed by atoms with Crippen molar-refractivity contribution in [3.63, 3.8) is 0 Å². The van der Waals surface area contributed by atoms with Gasteiger partial charge in [0.25, 0.3) is 5.91 Å². The van der Waals surface area contributed by atoms with Gasteiger partial charge in [-0.2, -0.15) is 0 Å². The lowest BCUT2D eigenvalue weighted by molar-refractivity contribution is -0.142. The molecule has 22 heavy (non-hydrogen) atoms. The monoisotopic (exact) mass is 308 g/mol. The Morgan fingerprint density at radius 2 is 1.91 bits per heavy atom. The van der Waals surface area contributed by atoms with Crippen LogP contribution in [0.2, 0.25) is 0 Å². The molecular weight excluding hydrogens is 288 g/mol. The van der Waals surface area contributed by atoms with Gasteiger partial charge in [-0.05, 0) is 24.6 Å². The lowest BCUT2D eigenvalue weighted by Crippen LogP contribution is -2.36. The molecule has 0 bridgehead atoms. The Kier molecular flexibility index (Phi) is 5.21. The highest BCUT2D eigenvalue weighted by Crippen LogP contribution is 2.27. The van der Waals surface area contributed by atoms with Gasteiger partial charge in [0.15, 0.2) is 11.5 Å². The van der Waals surface area contributed by atoms with E-state index in [4.69, 9.17) is 9.47 Å². The largest absolute Gasteiger partial charge is 0.493 e. The molecule has 1 fully saturated rings. The maximum atomic E-state index is 12.3. The highest BCUT2D eigenvalue weighted by molar-refractivity contribution is 5.95. The fourth-order valence-electron chi connectivity index (χ4n) is 2.41. The van der Waals surface area contributed by atoms with Crippen LogP contribution in [0, 0.1) is 0 Å². The molecule has 1 amide bonds. The molecule has 1 aliphatic heterocycles. The second-order valence-electron chi connectivity index (χ2n) is 4.96. The van der Waals surface area contributed by atoms with Crippen molar-refractivity contribution in [2.45, 2.75) is 18.5 Å². The summed E-state index contributed by atoms with van der Waals surface area (Å²) in [5.41, 5.74) is 0.471. The molecule has 0 saturated carbocycles. The second kappa shape index (κ2) is 7.13. The minimum Gasteiger partial charge on any atom is -0.493 e. The van der Waals surface area contributed by atoms with Crippen molar-refractivity contribution in [3.05, 3.63) is 23.8 Å². The number of hydrogen-bond acceptors (Lipinski definition) is 6. The van der Waals surface area contributed by atoms with Gasteiger partial charge in [0, 0.05) is 18.2 Å². The summed E-state index contributed by atoms with van der Waals surface area (Å²) in [5.74, 6) is 0.514. The molecule has 1 aromatic carbocycles. The molecule has 0 aliphatic carbocycles. The lowest BCUT2D eigenvalue weighted by atomic mass is 10.1. The van der Waals surface area contributed by atoms with Crippen LogP contribution in [-0.4, -0.2) is 51.8 Å². The Labute approximate surface area is 128 Å².